The minimum Gasteiger partial charge on any atom is -0.308 e. The average molecular weight is 304 g/mol. The van der Waals surface area contributed by atoms with Gasteiger partial charge < -0.3 is 4.57 Å². The Balaban J connectivity index is 1.77. The van der Waals surface area contributed by atoms with Crippen LogP contribution in [0.4, 0.5) is 0 Å². The van der Waals surface area contributed by atoms with Crippen LogP contribution in [0.3, 0.4) is 0 Å². The summed E-state index contributed by atoms with van der Waals surface area (Å²) in [5.74, 6) is 0. The lowest BCUT2D eigenvalue weighted by atomic mass is 9.97. The summed E-state index contributed by atoms with van der Waals surface area (Å²) in [6.07, 6.45) is 7.82. The monoisotopic (exact) mass is 304 g/mol. The molecule has 0 aliphatic heterocycles. The second kappa shape index (κ2) is 5.40. The molecule has 5 heteroatoms. The molecule has 2 heterocycles. The van der Waals surface area contributed by atoms with E-state index in [1.165, 1.54) is 0 Å². The minimum atomic E-state index is 0.00695. The second-order valence-corrected chi connectivity index (χ2v) is 5.97. The van der Waals surface area contributed by atoms with Crippen molar-refractivity contribution in [1.82, 2.24) is 14.2 Å². The number of hydrogen-bond acceptors (Lipinski definition) is 3. The van der Waals surface area contributed by atoms with E-state index in [0.717, 1.165) is 48.0 Å². The molecule has 23 heavy (non-hydrogen) atoms. The number of aromatic nitrogens is 3. The Kier molecular flexibility index (Phi) is 3.23. The van der Waals surface area contributed by atoms with Crippen LogP contribution in [0.2, 0.25) is 0 Å². The molecular formula is C18H16N4O. The smallest absolute Gasteiger partial charge is 0.277 e. The van der Waals surface area contributed by atoms with Crippen molar-refractivity contribution in [2.45, 2.75) is 32.2 Å². The molecule has 5 nitrogen and oxygen atoms in total. The van der Waals surface area contributed by atoms with Gasteiger partial charge in [0, 0.05) is 18.0 Å². The SMILES string of the molecule is N#Cc1ccc(Cn2ccn3nc4c(c3c2=O)CCCC4)cc1. The number of rotatable bonds is 2. The molecule has 1 aliphatic carbocycles. The molecule has 0 spiro atoms. The Morgan fingerprint density at radius 3 is 2.70 bits per heavy atom. The number of nitrogens with zero attached hydrogens (tertiary/aromatic N) is 4. The predicted molar refractivity (Wildman–Crippen MR) is 86.4 cm³/mol. The molecule has 0 saturated heterocycles. The Labute approximate surface area is 133 Å². The Morgan fingerprint density at radius 1 is 1.13 bits per heavy atom. The van der Waals surface area contributed by atoms with Gasteiger partial charge >= 0.3 is 0 Å². The first kappa shape index (κ1) is 13.8. The van der Waals surface area contributed by atoms with Gasteiger partial charge in [-0.05, 0) is 43.4 Å². The van der Waals surface area contributed by atoms with Crippen LogP contribution in [0, 0.1) is 11.3 Å². The summed E-state index contributed by atoms with van der Waals surface area (Å²) >= 11 is 0. The van der Waals surface area contributed by atoms with Crippen molar-refractivity contribution < 1.29 is 0 Å². The lowest BCUT2D eigenvalue weighted by Gasteiger charge is -2.09. The number of fused-ring (bicyclic) bond motifs is 3. The Hall–Kier alpha value is -2.87. The molecule has 0 N–H and O–H groups in total. The van der Waals surface area contributed by atoms with E-state index in [2.05, 4.69) is 11.2 Å². The van der Waals surface area contributed by atoms with Gasteiger partial charge in [0.05, 0.1) is 23.9 Å². The van der Waals surface area contributed by atoms with Crippen LogP contribution in [0.1, 0.15) is 35.2 Å². The topological polar surface area (TPSA) is 63.1 Å². The van der Waals surface area contributed by atoms with Crippen molar-refractivity contribution in [1.29, 1.82) is 5.26 Å². The van der Waals surface area contributed by atoms with E-state index < -0.39 is 0 Å². The van der Waals surface area contributed by atoms with Crippen molar-refractivity contribution in [3.05, 3.63) is 69.4 Å². The normalized spacial score (nSPS) is 13.7. The quantitative estimate of drug-likeness (QED) is 0.729. The van der Waals surface area contributed by atoms with Gasteiger partial charge in [-0.1, -0.05) is 12.1 Å². The van der Waals surface area contributed by atoms with Gasteiger partial charge in [0.2, 0.25) is 0 Å². The zero-order valence-electron chi connectivity index (χ0n) is 12.7. The van der Waals surface area contributed by atoms with E-state index >= 15 is 0 Å². The van der Waals surface area contributed by atoms with Crippen LogP contribution in [-0.2, 0) is 19.4 Å². The van der Waals surface area contributed by atoms with Crippen molar-refractivity contribution in [2.24, 2.45) is 0 Å². The van der Waals surface area contributed by atoms with Gasteiger partial charge in [0.15, 0.2) is 0 Å². The van der Waals surface area contributed by atoms with Crippen LogP contribution in [0.15, 0.2) is 41.5 Å². The molecule has 0 unspecified atom stereocenters. The molecule has 0 bridgehead atoms. The highest BCUT2D eigenvalue weighted by molar-refractivity contribution is 5.56. The Bertz CT molecular complexity index is 973. The lowest BCUT2D eigenvalue weighted by Crippen LogP contribution is -2.22. The molecule has 0 saturated carbocycles. The Morgan fingerprint density at radius 2 is 1.91 bits per heavy atom. The lowest BCUT2D eigenvalue weighted by molar-refractivity contribution is 0.673. The fourth-order valence-corrected chi connectivity index (χ4v) is 3.26. The van der Waals surface area contributed by atoms with E-state index in [1.807, 2.05) is 18.3 Å². The summed E-state index contributed by atoms with van der Waals surface area (Å²) < 4.78 is 3.45. The third kappa shape index (κ3) is 2.33. The molecular weight excluding hydrogens is 288 g/mol. The van der Waals surface area contributed by atoms with Crippen LogP contribution in [0.25, 0.3) is 5.52 Å². The minimum absolute atomic E-state index is 0.00695. The average Bonchev–Trinajstić information content (AvgIpc) is 2.97. The summed E-state index contributed by atoms with van der Waals surface area (Å²) in [6.45, 7) is 0.501. The maximum absolute atomic E-state index is 12.8. The van der Waals surface area contributed by atoms with Crippen LogP contribution < -0.4 is 5.56 Å². The molecule has 0 radical (unpaired) electrons. The highest BCUT2D eigenvalue weighted by atomic mass is 16.1. The van der Waals surface area contributed by atoms with Gasteiger partial charge in [-0.3, -0.25) is 4.79 Å². The molecule has 0 amide bonds. The number of benzene rings is 1. The van der Waals surface area contributed by atoms with Gasteiger partial charge in [-0.15, -0.1) is 0 Å². The highest BCUT2D eigenvalue weighted by Gasteiger charge is 2.19. The first-order valence-electron chi connectivity index (χ1n) is 7.85. The third-order valence-electron chi connectivity index (χ3n) is 4.47. The van der Waals surface area contributed by atoms with E-state index in [-0.39, 0.29) is 5.56 Å². The van der Waals surface area contributed by atoms with Crippen molar-refractivity contribution in [2.75, 3.05) is 0 Å². The molecule has 1 aliphatic rings. The highest BCUT2D eigenvalue weighted by Crippen LogP contribution is 2.22. The van der Waals surface area contributed by atoms with Crippen LogP contribution in [0.5, 0.6) is 0 Å². The predicted octanol–water partition coefficient (Wildman–Crippen LogP) is 2.29. The van der Waals surface area contributed by atoms with E-state index in [9.17, 15) is 4.79 Å². The standard InChI is InChI=1S/C18H16N4O/c19-11-13-5-7-14(8-6-13)12-21-9-10-22-17(18(21)23)15-3-1-2-4-16(15)20-22/h5-10H,1-4,12H2. The number of aryl methyl sites for hydroxylation is 2. The molecule has 114 valence electrons. The maximum atomic E-state index is 12.8. The third-order valence-corrected chi connectivity index (χ3v) is 4.47. The maximum Gasteiger partial charge on any atom is 0.277 e. The summed E-state index contributed by atoms with van der Waals surface area (Å²) in [5, 5.41) is 13.4. The second-order valence-electron chi connectivity index (χ2n) is 5.97. The first-order chi connectivity index (χ1) is 11.3. The zero-order valence-corrected chi connectivity index (χ0v) is 12.7. The fourth-order valence-electron chi connectivity index (χ4n) is 3.26. The van der Waals surface area contributed by atoms with Crippen LogP contribution in [-0.4, -0.2) is 14.2 Å². The van der Waals surface area contributed by atoms with E-state index in [0.29, 0.717) is 12.1 Å². The largest absolute Gasteiger partial charge is 0.308 e. The summed E-state index contributed by atoms with van der Waals surface area (Å²) in [5.41, 5.74) is 4.55. The number of hydrogen-bond donors (Lipinski definition) is 0. The summed E-state index contributed by atoms with van der Waals surface area (Å²) in [7, 11) is 0. The fraction of sp³-hybridized carbons (Fsp3) is 0.278. The van der Waals surface area contributed by atoms with Crippen molar-refractivity contribution in [3.63, 3.8) is 0 Å². The summed E-state index contributed by atoms with van der Waals surface area (Å²) in [6, 6.07) is 9.44. The van der Waals surface area contributed by atoms with E-state index in [1.54, 1.807) is 27.4 Å². The summed E-state index contributed by atoms with van der Waals surface area (Å²) in [4.78, 5) is 12.8. The molecule has 3 aromatic rings. The van der Waals surface area contributed by atoms with Gasteiger partial charge in [-0.2, -0.15) is 10.4 Å². The van der Waals surface area contributed by atoms with Crippen LogP contribution >= 0.6 is 0 Å². The molecule has 2 aromatic heterocycles. The van der Waals surface area contributed by atoms with Gasteiger partial charge in [0.1, 0.15) is 5.52 Å². The van der Waals surface area contributed by atoms with Crippen molar-refractivity contribution in [3.8, 4) is 6.07 Å². The number of nitriles is 1. The molecule has 4 rings (SSSR count). The molecule has 0 atom stereocenters. The van der Waals surface area contributed by atoms with Gasteiger partial charge in [-0.25, -0.2) is 4.52 Å². The first-order valence-corrected chi connectivity index (χ1v) is 7.85. The van der Waals surface area contributed by atoms with Crippen molar-refractivity contribution >= 4 is 5.52 Å². The van der Waals surface area contributed by atoms with Gasteiger partial charge in [0.25, 0.3) is 5.56 Å². The van der Waals surface area contributed by atoms with E-state index in [4.69, 9.17) is 5.26 Å². The molecule has 0 fully saturated rings. The zero-order chi connectivity index (χ0) is 15.8. The molecule has 1 aromatic carbocycles.